The van der Waals surface area contributed by atoms with Crippen LogP contribution in [0.4, 0.5) is 0 Å². The molecule has 0 aromatic carbocycles. The lowest BCUT2D eigenvalue weighted by Crippen LogP contribution is -2.34. The van der Waals surface area contributed by atoms with Crippen molar-refractivity contribution in [3.05, 3.63) is 23.8 Å². The highest BCUT2D eigenvalue weighted by atomic mass is 16.4. The number of hydrogen-bond acceptors (Lipinski definition) is 4. The molecule has 1 aromatic heterocycles. The summed E-state index contributed by atoms with van der Waals surface area (Å²) in [5, 5.41) is 11.8. The normalized spacial score (nSPS) is 22.2. The Labute approximate surface area is 117 Å². The fourth-order valence-corrected chi connectivity index (χ4v) is 2.53. The summed E-state index contributed by atoms with van der Waals surface area (Å²) in [6.45, 7) is 2.19. The monoisotopic (exact) mass is 277 g/mol. The molecule has 0 aliphatic heterocycles. The van der Waals surface area contributed by atoms with Gasteiger partial charge in [0.15, 0.2) is 0 Å². The zero-order valence-corrected chi connectivity index (χ0v) is 11.5. The number of rotatable bonds is 4. The number of carbonyl (C=O) groups is 2. The van der Waals surface area contributed by atoms with E-state index in [1.54, 1.807) is 19.2 Å². The van der Waals surface area contributed by atoms with Crippen LogP contribution in [0.25, 0.3) is 0 Å². The third-order valence-electron chi connectivity index (χ3n) is 3.72. The molecule has 1 aromatic rings. The molecule has 6 nitrogen and oxygen atoms in total. The highest BCUT2D eigenvalue weighted by molar-refractivity contribution is 5.79. The van der Waals surface area contributed by atoms with Crippen LogP contribution in [0.2, 0.25) is 0 Å². The number of carbonyl (C=O) groups excluding carboxylic acids is 1. The van der Waals surface area contributed by atoms with Crippen molar-refractivity contribution in [2.24, 2.45) is 11.8 Å². The molecule has 2 rings (SSSR count). The molecule has 0 unspecified atom stereocenters. The van der Waals surface area contributed by atoms with Crippen LogP contribution in [-0.2, 0) is 16.1 Å². The highest BCUT2D eigenvalue weighted by Gasteiger charge is 2.29. The van der Waals surface area contributed by atoms with Gasteiger partial charge in [0.05, 0.1) is 18.2 Å². The summed E-state index contributed by atoms with van der Waals surface area (Å²) in [6.07, 6.45) is 4.12. The molecule has 0 saturated heterocycles. The Hall–Kier alpha value is -1.98. The van der Waals surface area contributed by atoms with Gasteiger partial charge in [-0.05, 0) is 38.7 Å². The second-order valence-electron chi connectivity index (χ2n) is 5.20. The van der Waals surface area contributed by atoms with E-state index in [-0.39, 0.29) is 17.7 Å². The standard InChI is InChI=1S/C14H19N3O3/c1-9-15-7-6-12(17-9)8-16-13(18)10-2-4-11(5-3-10)14(19)20/h6-7,10-11H,2-5,8H2,1H3,(H,16,18)(H,19,20). The second-order valence-corrected chi connectivity index (χ2v) is 5.20. The number of amides is 1. The molecule has 20 heavy (non-hydrogen) atoms. The third kappa shape index (κ3) is 3.76. The van der Waals surface area contributed by atoms with Crippen molar-refractivity contribution in [1.82, 2.24) is 15.3 Å². The van der Waals surface area contributed by atoms with Crippen LogP contribution < -0.4 is 5.32 Å². The van der Waals surface area contributed by atoms with Gasteiger partial charge in [-0.15, -0.1) is 0 Å². The summed E-state index contributed by atoms with van der Waals surface area (Å²) in [7, 11) is 0. The molecule has 0 spiro atoms. The minimum Gasteiger partial charge on any atom is -0.481 e. The first-order valence-electron chi connectivity index (χ1n) is 6.85. The molecule has 0 atom stereocenters. The van der Waals surface area contributed by atoms with Crippen LogP contribution in [0.3, 0.4) is 0 Å². The van der Waals surface area contributed by atoms with E-state index >= 15 is 0 Å². The minimum atomic E-state index is -0.750. The molecule has 1 amide bonds. The molecule has 1 aliphatic rings. The number of nitrogens with zero attached hydrogens (tertiary/aromatic N) is 2. The Morgan fingerprint density at radius 3 is 2.55 bits per heavy atom. The summed E-state index contributed by atoms with van der Waals surface area (Å²) in [5.41, 5.74) is 0.782. The van der Waals surface area contributed by atoms with Crippen LogP contribution >= 0.6 is 0 Å². The number of carboxylic acids is 1. The molecule has 108 valence electrons. The van der Waals surface area contributed by atoms with Gasteiger partial charge in [-0.3, -0.25) is 9.59 Å². The number of aryl methyl sites for hydroxylation is 1. The fourth-order valence-electron chi connectivity index (χ4n) is 2.53. The Kier molecular flexibility index (Phi) is 4.65. The molecule has 6 heteroatoms. The molecule has 1 saturated carbocycles. The van der Waals surface area contributed by atoms with Crippen LogP contribution in [-0.4, -0.2) is 27.0 Å². The highest BCUT2D eigenvalue weighted by Crippen LogP contribution is 2.29. The average Bonchev–Trinajstić information content (AvgIpc) is 2.45. The van der Waals surface area contributed by atoms with Gasteiger partial charge in [0.25, 0.3) is 0 Å². The van der Waals surface area contributed by atoms with Crippen molar-refractivity contribution in [2.75, 3.05) is 0 Å². The molecule has 1 fully saturated rings. The number of carboxylic acid groups (broad SMARTS) is 1. The number of nitrogens with one attached hydrogen (secondary N) is 1. The zero-order chi connectivity index (χ0) is 14.5. The number of aromatic nitrogens is 2. The van der Waals surface area contributed by atoms with E-state index in [2.05, 4.69) is 15.3 Å². The van der Waals surface area contributed by atoms with E-state index in [1.807, 2.05) is 0 Å². The van der Waals surface area contributed by atoms with E-state index in [0.717, 1.165) is 5.69 Å². The second kappa shape index (κ2) is 6.45. The van der Waals surface area contributed by atoms with E-state index in [0.29, 0.717) is 38.1 Å². The molecule has 0 radical (unpaired) electrons. The first kappa shape index (κ1) is 14.4. The largest absolute Gasteiger partial charge is 0.481 e. The Bertz CT molecular complexity index is 496. The van der Waals surface area contributed by atoms with Crippen molar-refractivity contribution in [2.45, 2.75) is 39.2 Å². The molecule has 1 aliphatic carbocycles. The summed E-state index contributed by atoms with van der Waals surface area (Å²) < 4.78 is 0. The zero-order valence-electron chi connectivity index (χ0n) is 11.5. The summed E-state index contributed by atoms with van der Waals surface area (Å²) in [5.74, 6) is -0.443. The smallest absolute Gasteiger partial charge is 0.306 e. The number of hydrogen-bond donors (Lipinski definition) is 2. The van der Waals surface area contributed by atoms with Gasteiger partial charge in [-0.1, -0.05) is 0 Å². The molecular formula is C14H19N3O3. The predicted octanol–water partition coefficient (Wildman–Crippen LogP) is 1.29. The fraction of sp³-hybridized carbons (Fsp3) is 0.571. The summed E-state index contributed by atoms with van der Waals surface area (Å²) in [4.78, 5) is 31.1. The van der Waals surface area contributed by atoms with Gasteiger partial charge >= 0.3 is 5.97 Å². The lowest BCUT2D eigenvalue weighted by Gasteiger charge is -2.25. The summed E-state index contributed by atoms with van der Waals surface area (Å²) in [6, 6.07) is 1.77. The van der Waals surface area contributed by atoms with Gasteiger partial charge in [-0.25, -0.2) is 9.97 Å². The first-order valence-corrected chi connectivity index (χ1v) is 6.85. The van der Waals surface area contributed by atoms with E-state index in [4.69, 9.17) is 5.11 Å². The van der Waals surface area contributed by atoms with Crippen LogP contribution in [0, 0.1) is 18.8 Å². The van der Waals surface area contributed by atoms with Crippen molar-refractivity contribution >= 4 is 11.9 Å². The predicted molar refractivity (Wildman–Crippen MR) is 71.7 cm³/mol. The number of aliphatic carboxylic acids is 1. The van der Waals surface area contributed by atoms with E-state index in [9.17, 15) is 9.59 Å². The molecule has 2 N–H and O–H groups in total. The van der Waals surface area contributed by atoms with Crippen molar-refractivity contribution in [1.29, 1.82) is 0 Å². The SMILES string of the molecule is Cc1nccc(CNC(=O)C2CCC(C(=O)O)CC2)n1. The van der Waals surface area contributed by atoms with E-state index < -0.39 is 5.97 Å². The lowest BCUT2D eigenvalue weighted by molar-refractivity contribution is -0.144. The lowest BCUT2D eigenvalue weighted by atomic mass is 9.81. The molecule has 1 heterocycles. The first-order chi connectivity index (χ1) is 9.56. The van der Waals surface area contributed by atoms with Gasteiger partial charge in [-0.2, -0.15) is 0 Å². The topological polar surface area (TPSA) is 92.2 Å². The van der Waals surface area contributed by atoms with Gasteiger partial charge in [0.1, 0.15) is 5.82 Å². The van der Waals surface area contributed by atoms with Crippen LogP contribution in [0.5, 0.6) is 0 Å². The maximum Gasteiger partial charge on any atom is 0.306 e. The Morgan fingerprint density at radius 1 is 1.30 bits per heavy atom. The average molecular weight is 277 g/mol. The van der Waals surface area contributed by atoms with Crippen molar-refractivity contribution in [3.63, 3.8) is 0 Å². The van der Waals surface area contributed by atoms with Crippen LogP contribution in [0.1, 0.15) is 37.2 Å². The third-order valence-corrected chi connectivity index (χ3v) is 3.72. The van der Waals surface area contributed by atoms with Crippen LogP contribution in [0.15, 0.2) is 12.3 Å². The van der Waals surface area contributed by atoms with Crippen molar-refractivity contribution < 1.29 is 14.7 Å². The molecular weight excluding hydrogens is 258 g/mol. The summed E-state index contributed by atoms with van der Waals surface area (Å²) >= 11 is 0. The maximum atomic E-state index is 12.0. The Balaban J connectivity index is 1.80. The van der Waals surface area contributed by atoms with Gasteiger partial charge < -0.3 is 10.4 Å². The Morgan fingerprint density at radius 2 is 1.95 bits per heavy atom. The maximum absolute atomic E-state index is 12.0. The van der Waals surface area contributed by atoms with E-state index in [1.165, 1.54) is 0 Å². The minimum absolute atomic E-state index is 0.00916. The van der Waals surface area contributed by atoms with Gasteiger partial charge in [0, 0.05) is 12.1 Å². The molecule has 0 bridgehead atoms. The van der Waals surface area contributed by atoms with Gasteiger partial charge in [0.2, 0.25) is 5.91 Å². The van der Waals surface area contributed by atoms with Crippen molar-refractivity contribution in [3.8, 4) is 0 Å². The quantitative estimate of drug-likeness (QED) is 0.865.